The molecule has 0 radical (unpaired) electrons. The van der Waals surface area contributed by atoms with Gasteiger partial charge in [0.15, 0.2) is 11.5 Å². The lowest BCUT2D eigenvalue weighted by Crippen LogP contribution is -2.29. The minimum absolute atomic E-state index is 0.585. The number of imidazole rings is 1. The Hall–Kier alpha value is -1.89. The molecular formula is C11H19N7. The van der Waals surface area contributed by atoms with Gasteiger partial charge in [-0.05, 0) is 14.1 Å². The molecule has 0 atom stereocenters. The van der Waals surface area contributed by atoms with Gasteiger partial charge in [-0.1, -0.05) is 0 Å². The van der Waals surface area contributed by atoms with Gasteiger partial charge in [0.05, 0.1) is 6.33 Å². The highest BCUT2D eigenvalue weighted by molar-refractivity contribution is 5.84. The van der Waals surface area contributed by atoms with E-state index in [2.05, 4.69) is 49.1 Å². The molecule has 0 aromatic carbocycles. The first-order valence-electron chi connectivity index (χ1n) is 5.86. The van der Waals surface area contributed by atoms with Crippen molar-refractivity contribution >= 4 is 22.9 Å². The van der Waals surface area contributed by atoms with Gasteiger partial charge in [-0.15, -0.1) is 0 Å². The van der Waals surface area contributed by atoms with Crippen LogP contribution in [0, 0.1) is 0 Å². The molecule has 0 aliphatic heterocycles. The molecule has 0 bridgehead atoms. The number of aromatic nitrogens is 4. The molecule has 0 aliphatic rings. The Bertz CT molecular complexity index is 519. The fraction of sp³-hybridized carbons (Fsp3) is 0.545. The van der Waals surface area contributed by atoms with Crippen LogP contribution < -0.4 is 10.2 Å². The van der Waals surface area contributed by atoms with Gasteiger partial charge < -0.3 is 20.1 Å². The zero-order chi connectivity index (χ0) is 13.1. The molecule has 2 aromatic rings. The summed E-state index contributed by atoms with van der Waals surface area (Å²) in [7, 11) is 7.93. The number of hydrogen-bond acceptors (Lipinski definition) is 6. The molecule has 2 aromatic heterocycles. The number of fused-ring (bicyclic) bond motifs is 1. The maximum atomic E-state index is 4.48. The number of hydrogen-bond donors (Lipinski definition) is 2. The normalized spacial score (nSPS) is 11.2. The van der Waals surface area contributed by atoms with Crippen LogP contribution in [0.5, 0.6) is 0 Å². The number of likely N-dealkylation sites (N-methyl/N-ethyl adjacent to an activating group) is 2. The Morgan fingerprint density at radius 3 is 2.67 bits per heavy atom. The van der Waals surface area contributed by atoms with Gasteiger partial charge >= 0.3 is 0 Å². The molecule has 7 nitrogen and oxygen atoms in total. The first-order valence-corrected chi connectivity index (χ1v) is 5.86. The summed E-state index contributed by atoms with van der Waals surface area (Å²) in [4.78, 5) is 20.3. The van der Waals surface area contributed by atoms with E-state index in [0.717, 1.165) is 24.4 Å². The summed E-state index contributed by atoms with van der Waals surface area (Å²) in [6, 6.07) is 0. The fourth-order valence-electron chi connectivity index (χ4n) is 1.66. The molecule has 0 saturated heterocycles. The maximum absolute atomic E-state index is 4.48. The molecule has 0 aliphatic carbocycles. The molecule has 0 unspecified atom stereocenters. The van der Waals surface area contributed by atoms with Crippen molar-refractivity contribution in [2.45, 2.75) is 0 Å². The van der Waals surface area contributed by atoms with Crippen molar-refractivity contribution in [3.05, 3.63) is 6.33 Å². The summed E-state index contributed by atoms with van der Waals surface area (Å²) in [6.45, 7) is 1.85. The van der Waals surface area contributed by atoms with E-state index in [1.54, 1.807) is 13.4 Å². The Kier molecular flexibility index (Phi) is 3.61. The van der Waals surface area contributed by atoms with Crippen LogP contribution in [0.15, 0.2) is 6.33 Å². The SMILES string of the molecule is CNc1nc(N(C)CCN(C)C)c2[nH]cnc2n1. The molecule has 7 heteroatoms. The van der Waals surface area contributed by atoms with E-state index < -0.39 is 0 Å². The summed E-state index contributed by atoms with van der Waals surface area (Å²) >= 11 is 0. The van der Waals surface area contributed by atoms with Crippen LogP contribution in [0.1, 0.15) is 0 Å². The van der Waals surface area contributed by atoms with Crippen molar-refractivity contribution in [3.8, 4) is 0 Å². The van der Waals surface area contributed by atoms with Crippen molar-refractivity contribution in [2.75, 3.05) is 51.5 Å². The van der Waals surface area contributed by atoms with Crippen LogP contribution in [0.4, 0.5) is 11.8 Å². The number of anilines is 2. The third-order valence-electron chi connectivity index (χ3n) is 2.73. The predicted molar refractivity (Wildman–Crippen MR) is 73.1 cm³/mol. The predicted octanol–water partition coefficient (Wildman–Crippen LogP) is 0.392. The second-order valence-corrected chi connectivity index (χ2v) is 4.45. The third kappa shape index (κ3) is 2.51. The fourth-order valence-corrected chi connectivity index (χ4v) is 1.66. The van der Waals surface area contributed by atoms with Gasteiger partial charge in [-0.2, -0.15) is 9.97 Å². The van der Waals surface area contributed by atoms with E-state index in [1.165, 1.54) is 0 Å². The Morgan fingerprint density at radius 2 is 2.00 bits per heavy atom. The summed E-state index contributed by atoms with van der Waals surface area (Å²) in [5.74, 6) is 1.45. The smallest absolute Gasteiger partial charge is 0.226 e. The minimum Gasteiger partial charge on any atom is -0.357 e. The highest BCUT2D eigenvalue weighted by Gasteiger charge is 2.13. The quantitative estimate of drug-likeness (QED) is 0.798. The van der Waals surface area contributed by atoms with E-state index in [1.807, 2.05) is 7.05 Å². The summed E-state index contributed by atoms with van der Waals surface area (Å²) in [6.07, 6.45) is 1.64. The standard InChI is InChI=1S/C11H19N7/c1-12-11-15-9-8(13-7-14-9)10(16-11)18(4)6-5-17(2)3/h7H,5-6H2,1-4H3,(H2,12,13,14,15,16). The Balaban J connectivity index is 2.32. The van der Waals surface area contributed by atoms with Crippen molar-refractivity contribution < 1.29 is 0 Å². The van der Waals surface area contributed by atoms with Gasteiger partial charge in [0.2, 0.25) is 5.95 Å². The lowest BCUT2D eigenvalue weighted by atomic mass is 10.4. The molecule has 98 valence electrons. The van der Waals surface area contributed by atoms with Crippen LogP contribution in [-0.2, 0) is 0 Å². The second-order valence-electron chi connectivity index (χ2n) is 4.45. The number of rotatable bonds is 5. The van der Waals surface area contributed by atoms with E-state index in [4.69, 9.17) is 0 Å². The number of aromatic amines is 1. The highest BCUT2D eigenvalue weighted by atomic mass is 15.2. The topological polar surface area (TPSA) is 73.0 Å². The van der Waals surface area contributed by atoms with Crippen LogP contribution in [0.2, 0.25) is 0 Å². The van der Waals surface area contributed by atoms with Crippen LogP contribution in [0.25, 0.3) is 11.2 Å². The van der Waals surface area contributed by atoms with E-state index in [-0.39, 0.29) is 0 Å². The largest absolute Gasteiger partial charge is 0.357 e. The molecule has 0 saturated carbocycles. The molecule has 2 N–H and O–H groups in total. The van der Waals surface area contributed by atoms with Crippen LogP contribution >= 0.6 is 0 Å². The summed E-state index contributed by atoms with van der Waals surface area (Å²) in [5.41, 5.74) is 1.55. The molecule has 0 spiro atoms. The molecule has 0 fully saturated rings. The third-order valence-corrected chi connectivity index (χ3v) is 2.73. The average Bonchev–Trinajstić information content (AvgIpc) is 2.82. The first kappa shape index (κ1) is 12.6. The second kappa shape index (κ2) is 5.18. The maximum Gasteiger partial charge on any atom is 0.226 e. The number of nitrogens with zero attached hydrogens (tertiary/aromatic N) is 5. The summed E-state index contributed by atoms with van der Waals surface area (Å²) < 4.78 is 0. The Morgan fingerprint density at radius 1 is 1.22 bits per heavy atom. The average molecular weight is 249 g/mol. The van der Waals surface area contributed by atoms with Crippen molar-refractivity contribution in [2.24, 2.45) is 0 Å². The van der Waals surface area contributed by atoms with E-state index in [9.17, 15) is 0 Å². The van der Waals surface area contributed by atoms with E-state index >= 15 is 0 Å². The van der Waals surface area contributed by atoms with E-state index in [0.29, 0.717) is 11.6 Å². The monoisotopic (exact) mass is 249 g/mol. The molecular weight excluding hydrogens is 230 g/mol. The molecule has 0 amide bonds. The van der Waals surface area contributed by atoms with Crippen molar-refractivity contribution in [1.29, 1.82) is 0 Å². The zero-order valence-electron chi connectivity index (χ0n) is 11.2. The zero-order valence-corrected chi connectivity index (χ0v) is 11.2. The van der Waals surface area contributed by atoms with Crippen molar-refractivity contribution in [1.82, 2.24) is 24.8 Å². The van der Waals surface area contributed by atoms with Gasteiger partial charge in [-0.25, -0.2) is 4.98 Å². The lowest BCUT2D eigenvalue weighted by molar-refractivity contribution is 0.416. The molecule has 18 heavy (non-hydrogen) atoms. The highest BCUT2D eigenvalue weighted by Crippen LogP contribution is 2.21. The van der Waals surface area contributed by atoms with Gasteiger partial charge in [0, 0.05) is 27.2 Å². The Labute approximate surface area is 106 Å². The summed E-state index contributed by atoms with van der Waals surface area (Å²) in [5, 5.41) is 2.96. The van der Waals surface area contributed by atoms with Gasteiger partial charge in [0.25, 0.3) is 0 Å². The van der Waals surface area contributed by atoms with Crippen molar-refractivity contribution in [3.63, 3.8) is 0 Å². The van der Waals surface area contributed by atoms with Gasteiger partial charge in [-0.3, -0.25) is 0 Å². The first-order chi connectivity index (χ1) is 8.61. The molecule has 2 heterocycles. The molecule has 2 rings (SSSR count). The number of H-pyrrole nitrogens is 1. The van der Waals surface area contributed by atoms with Crippen LogP contribution in [0.3, 0.4) is 0 Å². The van der Waals surface area contributed by atoms with Crippen LogP contribution in [-0.4, -0.2) is 66.1 Å². The lowest BCUT2D eigenvalue weighted by Gasteiger charge is -2.21. The van der Waals surface area contributed by atoms with Gasteiger partial charge in [0.1, 0.15) is 5.52 Å². The minimum atomic E-state index is 0.585. The number of nitrogens with one attached hydrogen (secondary N) is 2.